The lowest BCUT2D eigenvalue weighted by Gasteiger charge is -2.32. The molecule has 0 spiro atoms. The number of hydrogen-bond acceptors (Lipinski definition) is 6. The summed E-state index contributed by atoms with van der Waals surface area (Å²) in [5.41, 5.74) is 0.822. The van der Waals surface area contributed by atoms with Crippen molar-refractivity contribution >= 4 is 5.91 Å². The lowest BCUT2D eigenvalue weighted by Crippen LogP contribution is -2.43. The second-order valence-corrected chi connectivity index (χ2v) is 6.30. The smallest absolute Gasteiger partial charge is 0.259 e. The van der Waals surface area contributed by atoms with E-state index in [4.69, 9.17) is 9.26 Å². The summed E-state index contributed by atoms with van der Waals surface area (Å²) in [5, 5.41) is 4.12. The number of amides is 1. The van der Waals surface area contributed by atoms with Crippen molar-refractivity contribution in [2.24, 2.45) is 0 Å². The summed E-state index contributed by atoms with van der Waals surface area (Å²) in [7, 11) is 0. The number of likely N-dealkylation sites (tertiary alicyclic amines) is 1. The van der Waals surface area contributed by atoms with Gasteiger partial charge < -0.3 is 14.2 Å². The number of carbonyl (C=O) groups is 1. The monoisotopic (exact) mass is 328 g/mol. The van der Waals surface area contributed by atoms with Gasteiger partial charge in [0.2, 0.25) is 0 Å². The maximum Gasteiger partial charge on any atom is 0.259 e. The molecular formula is C17H20N4O3. The van der Waals surface area contributed by atoms with Gasteiger partial charge in [-0.05, 0) is 37.8 Å². The van der Waals surface area contributed by atoms with Crippen molar-refractivity contribution in [3.63, 3.8) is 0 Å². The molecule has 2 saturated heterocycles. The molecule has 0 saturated carbocycles. The molecule has 24 heavy (non-hydrogen) atoms. The molecule has 2 aliphatic heterocycles. The van der Waals surface area contributed by atoms with E-state index < -0.39 is 0 Å². The molecule has 2 aromatic rings. The van der Waals surface area contributed by atoms with Crippen LogP contribution >= 0.6 is 0 Å². The van der Waals surface area contributed by atoms with Crippen LogP contribution in [0.15, 0.2) is 29.0 Å². The SMILES string of the molecule is O=C(C1CCCO1)N1CCC(c2noc(-c3cccnc3)n2)CC1. The predicted octanol–water partition coefficient (Wildman–Crippen LogP) is 2.02. The maximum absolute atomic E-state index is 12.4. The van der Waals surface area contributed by atoms with Gasteiger partial charge in [-0.25, -0.2) is 0 Å². The van der Waals surface area contributed by atoms with Crippen LogP contribution in [0.25, 0.3) is 11.5 Å². The Bertz CT molecular complexity index is 689. The molecule has 2 fully saturated rings. The first-order valence-electron chi connectivity index (χ1n) is 8.45. The first kappa shape index (κ1) is 15.3. The van der Waals surface area contributed by atoms with Gasteiger partial charge in [-0.2, -0.15) is 4.98 Å². The topological polar surface area (TPSA) is 81.4 Å². The van der Waals surface area contributed by atoms with Gasteiger partial charge in [0, 0.05) is 38.0 Å². The first-order chi connectivity index (χ1) is 11.8. The van der Waals surface area contributed by atoms with E-state index in [2.05, 4.69) is 15.1 Å². The largest absolute Gasteiger partial charge is 0.368 e. The molecule has 1 amide bonds. The quantitative estimate of drug-likeness (QED) is 0.857. The van der Waals surface area contributed by atoms with Crippen LogP contribution in [-0.4, -0.2) is 51.7 Å². The Morgan fingerprint density at radius 3 is 2.83 bits per heavy atom. The van der Waals surface area contributed by atoms with E-state index in [0.29, 0.717) is 12.5 Å². The Morgan fingerprint density at radius 1 is 1.25 bits per heavy atom. The molecule has 0 aliphatic carbocycles. The molecule has 7 nitrogen and oxygen atoms in total. The van der Waals surface area contributed by atoms with Gasteiger partial charge in [-0.1, -0.05) is 5.16 Å². The number of carbonyl (C=O) groups excluding carboxylic acids is 1. The van der Waals surface area contributed by atoms with Crippen LogP contribution in [0, 0.1) is 0 Å². The normalized spacial score (nSPS) is 22.0. The van der Waals surface area contributed by atoms with Crippen molar-refractivity contribution in [1.29, 1.82) is 0 Å². The van der Waals surface area contributed by atoms with E-state index in [1.807, 2.05) is 17.0 Å². The summed E-state index contributed by atoms with van der Waals surface area (Å²) in [4.78, 5) is 22.9. The average Bonchev–Trinajstić information content (AvgIpc) is 3.34. The van der Waals surface area contributed by atoms with Gasteiger partial charge in [0.1, 0.15) is 6.10 Å². The number of aromatic nitrogens is 3. The fraction of sp³-hybridized carbons (Fsp3) is 0.529. The number of pyridine rings is 1. The molecule has 1 unspecified atom stereocenters. The van der Waals surface area contributed by atoms with Crippen LogP contribution in [0.5, 0.6) is 0 Å². The predicted molar refractivity (Wildman–Crippen MR) is 85.1 cm³/mol. The van der Waals surface area contributed by atoms with Crippen LogP contribution in [0.4, 0.5) is 0 Å². The Labute approximate surface area is 140 Å². The minimum absolute atomic E-state index is 0.134. The highest BCUT2D eigenvalue weighted by atomic mass is 16.5. The lowest BCUT2D eigenvalue weighted by molar-refractivity contribution is -0.142. The van der Waals surface area contributed by atoms with Crippen LogP contribution in [-0.2, 0) is 9.53 Å². The molecule has 2 aromatic heterocycles. The lowest BCUT2D eigenvalue weighted by atomic mass is 9.95. The Morgan fingerprint density at radius 2 is 2.12 bits per heavy atom. The Balaban J connectivity index is 1.38. The summed E-state index contributed by atoms with van der Waals surface area (Å²) >= 11 is 0. The molecule has 0 bridgehead atoms. The van der Waals surface area contributed by atoms with Crippen molar-refractivity contribution in [2.45, 2.75) is 37.7 Å². The fourth-order valence-corrected chi connectivity index (χ4v) is 3.34. The summed E-state index contributed by atoms with van der Waals surface area (Å²) in [6.07, 6.45) is 6.71. The highest BCUT2D eigenvalue weighted by molar-refractivity contribution is 5.81. The van der Waals surface area contributed by atoms with Gasteiger partial charge >= 0.3 is 0 Å². The molecule has 7 heteroatoms. The minimum Gasteiger partial charge on any atom is -0.368 e. The second-order valence-electron chi connectivity index (χ2n) is 6.30. The van der Waals surface area contributed by atoms with Crippen molar-refractivity contribution in [3.8, 4) is 11.5 Å². The standard InChI is InChI=1S/C17H20N4O3/c22-17(14-4-2-10-23-14)21-8-5-12(6-9-21)15-19-16(24-20-15)13-3-1-7-18-11-13/h1,3,7,11-12,14H,2,4-6,8-10H2. The molecule has 1 atom stereocenters. The van der Waals surface area contributed by atoms with Crippen LogP contribution in [0.2, 0.25) is 0 Å². The van der Waals surface area contributed by atoms with Crippen molar-refractivity contribution in [2.75, 3.05) is 19.7 Å². The number of ether oxygens (including phenoxy) is 1. The zero-order valence-corrected chi connectivity index (χ0v) is 13.4. The van der Waals surface area contributed by atoms with Crippen LogP contribution in [0.1, 0.15) is 37.4 Å². The molecule has 2 aliphatic rings. The molecule has 0 N–H and O–H groups in total. The second kappa shape index (κ2) is 6.68. The molecule has 4 rings (SSSR count). The molecular weight excluding hydrogens is 308 g/mol. The zero-order chi connectivity index (χ0) is 16.4. The van der Waals surface area contributed by atoms with Gasteiger partial charge in [0.15, 0.2) is 5.82 Å². The van der Waals surface area contributed by atoms with Gasteiger partial charge in [-0.3, -0.25) is 9.78 Å². The highest BCUT2D eigenvalue weighted by Gasteiger charge is 2.32. The number of rotatable bonds is 3. The summed E-state index contributed by atoms with van der Waals surface area (Å²) < 4.78 is 10.9. The summed E-state index contributed by atoms with van der Waals surface area (Å²) in [6, 6.07) is 3.74. The molecule has 0 aromatic carbocycles. The molecule has 126 valence electrons. The highest BCUT2D eigenvalue weighted by Crippen LogP contribution is 2.28. The molecule has 4 heterocycles. The van der Waals surface area contributed by atoms with Gasteiger partial charge in [-0.15, -0.1) is 0 Å². The first-order valence-corrected chi connectivity index (χ1v) is 8.45. The molecule has 0 radical (unpaired) electrons. The minimum atomic E-state index is -0.232. The summed E-state index contributed by atoms with van der Waals surface area (Å²) in [5.74, 6) is 1.58. The van der Waals surface area contributed by atoms with Crippen molar-refractivity contribution in [3.05, 3.63) is 30.4 Å². The van der Waals surface area contributed by atoms with E-state index in [0.717, 1.165) is 50.2 Å². The van der Waals surface area contributed by atoms with Crippen LogP contribution < -0.4 is 0 Å². The fourth-order valence-electron chi connectivity index (χ4n) is 3.34. The maximum atomic E-state index is 12.4. The third kappa shape index (κ3) is 3.03. The van der Waals surface area contributed by atoms with Gasteiger partial charge in [0.05, 0.1) is 5.56 Å². The van der Waals surface area contributed by atoms with E-state index >= 15 is 0 Å². The van der Waals surface area contributed by atoms with E-state index in [-0.39, 0.29) is 17.9 Å². The summed E-state index contributed by atoms with van der Waals surface area (Å²) in [6.45, 7) is 2.15. The third-order valence-electron chi connectivity index (χ3n) is 4.73. The average molecular weight is 328 g/mol. The van der Waals surface area contributed by atoms with Crippen LogP contribution in [0.3, 0.4) is 0 Å². The zero-order valence-electron chi connectivity index (χ0n) is 13.4. The van der Waals surface area contributed by atoms with E-state index in [1.165, 1.54) is 0 Å². The Hall–Kier alpha value is -2.28. The third-order valence-corrected chi connectivity index (χ3v) is 4.73. The van der Waals surface area contributed by atoms with E-state index in [9.17, 15) is 4.79 Å². The number of piperidine rings is 1. The van der Waals surface area contributed by atoms with Crippen molar-refractivity contribution < 1.29 is 14.1 Å². The Kier molecular flexibility index (Phi) is 4.25. The number of nitrogens with zero attached hydrogens (tertiary/aromatic N) is 4. The van der Waals surface area contributed by atoms with Crippen molar-refractivity contribution in [1.82, 2.24) is 20.0 Å². The van der Waals surface area contributed by atoms with Gasteiger partial charge in [0.25, 0.3) is 11.8 Å². The number of hydrogen-bond donors (Lipinski definition) is 0. The van der Waals surface area contributed by atoms with E-state index in [1.54, 1.807) is 12.4 Å².